The molecule has 5 rings (SSSR count). The van der Waals surface area contributed by atoms with E-state index >= 15 is 0 Å². The fraction of sp³-hybridized carbons (Fsp3) is 0.533. The van der Waals surface area contributed by atoms with E-state index in [0.29, 0.717) is 5.41 Å². The Labute approximate surface area is 215 Å². The van der Waals surface area contributed by atoms with Gasteiger partial charge in [0.15, 0.2) is 0 Å². The lowest BCUT2D eigenvalue weighted by Gasteiger charge is -2.29. The van der Waals surface area contributed by atoms with E-state index in [0.717, 1.165) is 58.0 Å². The normalized spacial score (nSPS) is 23.5. The van der Waals surface area contributed by atoms with Crippen LogP contribution in [-0.2, 0) is 12.8 Å². The molecule has 0 aliphatic heterocycles. The van der Waals surface area contributed by atoms with Crippen molar-refractivity contribution in [3.8, 4) is 5.75 Å². The first-order chi connectivity index (χ1) is 17.0. The summed E-state index contributed by atoms with van der Waals surface area (Å²) in [5.41, 5.74) is 2.99. The van der Waals surface area contributed by atoms with Crippen LogP contribution in [0, 0.1) is 17.3 Å². The minimum atomic E-state index is 0.651. The third-order valence-corrected chi connectivity index (χ3v) is 8.77. The molecule has 1 spiro atoms. The Hall–Kier alpha value is -2.33. The summed E-state index contributed by atoms with van der Waals surface area (Å²) in [6, 6.07) is 14.4. The quantitative estimate of drug-likeness (QED) is 0.310. The van der Waals surface area contributed by atoms with Gasteiger partial charge < -0.3 is 9.64 Å². The van der Waals surface area contributed by atoms with Gasteiger partial charge in [0.25, 0.3) is 0 Å². The number of aromatic nitrogens is 2. The summed E-state index contributed by atoms with van der Waals surface area (Å²) < 4.78 is 5.52. The molecule has 3 aromatic rings. The van der Waals surface area contributed by atoms with Crippen LogP contribution in [0.2, 0.25) is 5.02 Å². The molecule has 1 aromatic heterocycles. The topological polar surface area (TPSA) is 38.2 Å². The first-order valence-corrected chi connectivity index (χ1v) is 13.6. The van der Waals surface area contributed by atoms with Gasteiger partial charge in [0.05, 0.1) is 12.6 Å². The van der Waals surface area contributed by atoms with Crippen LogP contribution in [0.1, 0.15) is 62.8 Å². The molecule has 2 saturated carbocycles. The molecule has 0 N–H and O–H groups in total. The molecule has 0 unspecified atom stereocenters. The summed E-state index contributed by atoms with van der Waals surface area (Å²) in [6.07, 6.45) is 12.9. The zero-order valence-corrected chi connectivity index (χ0v) is 22.2. The van der Waals surface area contributed by atoms with E-state index in [1.807, 2.05) is 12.1 Å². The van der Waals surface area contributed by atoms with Crippen molar-refractivity contribution in [2.75, 3.05) is 26.1 Å². The maximum absolute atomic E-state index is 6.11. The van der Waals surface area contributed by atoms with E-state index < -0.39 is 0 Å². The van der Waals surface area contributed by atoms with Crippen molar-refractivity contribution < 1.29 is 4.74 Å². The van der Waals surface area contributed by atoms with Crippen LogP contribution < -0.4 is 9.64 Å². The van der Waals surface area contributed by atoms with Gasteiger partial charge in [-0.25, -0.2) is 9.97 Å². The van der Waals surface area contributed by atoms with Crippen LogP contribution in [0.5, 0.6) is 5.75 Å². The Morgan fingerprint density at radius 3 is 2.60 bits per heavy atom. The average Bonchev–Trinajstić information content (AvgIpc) is 3.54. The molecule has 0 radical (unpaired) electrons. The number of aryl methyl sites for hydroxylation is 2. The highest BCUT2D eigenvalue weighted by Gasteiger charge is 2.53. The zero-order valence-electron chi connectivity index (χ0n) is 21.4. The van der Waals surface area contributed by atoms with E-state index in [4.69, 9.17) is 26.3 Å². The highest BCUT2D eigenvalue weighted by atomic mass is 35.5. The third kappa shape index (κ3) is 5.43. The number of halogens is 1. The van der Waals surface area contributed by atoms with Gasteiger partial charge in [-0.15, -0.1) is 0 Å². The molecule has 2 aliphatic rings. The summed E-state index contributed by atoms with van der Waals surface area (Å²) in [6.45, 7) is 0. The maximum Gasteiger partial charge on any atom is 0.139 e. The Kier molecular flexibility index (Phi) is 7.20. The Balaban J connectivity index is 1.09. The van der Waals surface area contributed by atoms with E-state index in [9.17, 15) is 0 Å². The van der Waals surface area contributed by atoms with Gasteiger partial charge >= 0.3 is 0 Å². The largest absolute Gasteiger partial charge is 0.496 e. The molecule has 1 heterocycles. The lowest BCUT2D eigenvalue weighted by Crippen LogP contribution is -2.18. The SMILES string of the molecule is COc1cc(Cl)ccc1CCC[C@H]1CC12CCC(CCc1nc(N(C)C)c3ccccc3n1)CC2. The van der Waals surface area contributed by atoms with Crippen molar-refractivity contribution >= 4 is 28.3 Å². The standard InChI is InChI=1S/C30H38ClN3O/c1-34(2)29-25-9-4-5-10-26(25)32-28(33-29)14-11-21-15-17-30(18-16-21)20-23(30)8-6-7-22-12-13-24(31)19-27(22)35-3/h4-5,9-10,12-13,19,21,23H,6-8,11,14-18,20H2,1-3H3/t21?,23-,30?/m0/s1. The van der Waals surface area contributed by atoms with Gasteiger partial charge in [0, 0.05) is 30.9 Å². The Morgan fingerprint density at radius 2 is 1.83 bits per heavy atom. The molecule has 186 valence electrons. The average molecular weight is 492 g/mol. The van der Waals surface area contributed by atoms with Gasteiger partial charge in [0.1, 0.15) is 17.4 Å². The van der Waals surface area contributed by atoms with Crippen molar-refractivity contribution in [2.45, 2.75) is 64.2 Å². The van der Waals surface area contributed by atoms with E-state index in [1.165, 1.54) is 56.9 Å². The van der Waals surface area contributed by atoms with Crippen LogP contribution in [0.3, 0.4) is 0 Å². The summed E-state index contributed by atoms with van der Waals surface area (Å²) in [5, 5.41) is 1.88. The molecular formula is C30H38ClN3O. The van der Waals surface area contributed by atoms with Crippen LogP contribution in [-0.4, -0.2) is 31.2 Å². The lowest BCUT2D eigenvalue weighted by molar-refractivity contribution is 0.226. The number of methoxy groups -OCH3 is 1. The number of ether oxygens (including phenoxy) is 1. The van der Waals surface area contributed by atoms with E-state index in [2.05, 4.69) is 49.3 Å². The molecule has 2 aliphatic carbocycles. The minimum Gasteiger partial charge on any atom is -0.496 e. The summed E-state index contributed by atoms with van der Waals surface area (Å²) >= 11 is 6.11. The van der Waals surface area contributed by atoms with Crippen LogP contribution in [0.4, 0.5) is 5.82 Å². The monoisotopic (exact) mass is 491 g/mol. The zero-order chi connectivity index (χ0) is 24.4. The second-order valence-electron chi connectivity index (χ2n) is 11.0. The number of hydrogen-bond acceptors (Lipinski definition) is 4. The smallest absolute Gasteiger partial charge is 0.139 e. The van der Waals surface area contributed by atoms with E-state index in [1.54, 1.807) is 7.11 Å². The fourth-order valence-electron chi connectivity index (χ4n) is 6.35. The number of fused-ring (bicyclic) bond motifs is 1. The highest BCUT2D eigenvalue weighted by molar-refractivity contribution is 6.30. The second kappa shape index (κ2) is 10.3. The minimum absolute atomic E-state index is 0.651. The predicted molar refractivity (Wildman–Crippen MR) is 146 cm³/mol. The van der Waals surface area contributed by atoms with Gasteiger partial charge in [0.2, 0.25) is 0 Å². The number of benzene rings is 2. The van der Waals surface area contributed by atoms with Gasteiger partial charge in [-0.1, -0.05) is 29.8 Å². The van der Waals surface area contributed by atoms with Gasteiger partial charge in [-0.3, -0.25) is 0 Å². The van der Waals surface area contributed by atoms with Crippen molar-refractivity contribution in [1.29, 1.82) is 0 Å². The summed E-state index contributed by atoms with van der Waals surface area (Å²) in [5.74, 6) is 4.70. The maximum atomic E-state index is 6.11. The van der Waals surface area contributed by atoms with Crippen LogP contribution in [0.15, 0.2) is 42.5 Å². The van der Waals surface area contributed by atoms with Crippen LogP contribution >= 0.6 is 11.6 Å². The summed E-state index contributed by atoms with van der Waals surface area (Å²) in [7, 11) is 5.87. The van der Waals surface area contributed by atoms with Crippen molar-refractivity contribution in [1.82, 2.24) is 9.97 Å². The number of nitrogens with zero attached hydrogens (tertiary/aromatic N) is 3. The first kappa shape index (κ1) is 24.4. The van der Waals surface area contributed by atoms with Crippen molar-refractivity contribution in [2.24, 2.45) is 17.3 Å². The molecule has 0 amide bonds. The number of para-hydroxylation sites is 1. The van der Waals surface area contributed by atoms with Gasteiger partial charge in [-0.2, -0.15) is 0 Å². The highest BCUT2D eigenvalue weighted by Crippen LogP contribution is 2.64. The molecule has 0 saturated heterocycles. The lowest BCUT2D eigenvalue weighted by atomic mass is 9.76. The Morgan fingerprint density at radius 1 is 1.03 bits per heavy atom. The van der Waals surface area contributed by atoms with Crippen LogP contribution in [0.25, 0.3) is 10.9 Å². The number of anilines is 1. The Bertz CT molecular complexity index is 1170. The van der Waals surface area contributed by atoms with Crippen molar-refractivity contribution in [3.05, 3.63) is 58.9 Å². The molecule has 0 bridgehead atoms. The molecule has 35 heavy (non-hydrogen) atoms. The molecule has 5 heteroatoms. The second-order valence-corrected chi connectivity index (χ2v) is 11.4. The molecule has 4 nitrogen and oxygen atoms in total. The summed E-state index contributed by atoms with van der Waals surface area (Å²) in [4.78, 5) is 11.9. The van der Waals surface area contributed by atoms with Gasteiger partial charge in [-0.05, 0) is 105 Å². The number of hydrogen-bond donors (Lipinski definition) is 0. The van der Waals surface area contributed by atoms with E-state index in [-0.39, 0.29) is 0 Å². The number of rotatable bonds is 9. The molecular weight excluding hydrogens is 454 g/mol. The molecule has 2 fully saturated rings. The third-order valence-electron chi connectivity index (χ3n) is 8.54. The predicted octanol–water partition coefficient (Wildman–Crippen LogP) is 7.51. The van der Waals surface area contributed by atoms with Crippen molar-refractivity contribution in [3.63, 3.8) is 0 Å². The molecule has 1 atom stereocenters. The fourth-order valence-corrected chi connectivity index (χ4v) is 6.51. The first-order valence-electron chi connectivity index (χ1n) is 13.2. The molecule has 2 aromatic carbocycles.